The van der Waals surface area contributed by atoms with Crippen LogP contribution in [0, 0.1) is 0 Å². The summed E-state index contributed by atoms with van der Waals surface area (Å²) in [5.74, 6) is 0.591. The fourth-order valence-corrected chi connectivity index (χ4v) is 3.66. The van der Waals surface area contributed by atoms with Crippen LogP contribution in [0.4, 0.5) is 0 Å². The van der Waals surface area contributed by atoms with Gasteiger partial charge in [0.05, 0.1) is 0 Å². The van der Waals surface area contributed by atoms with E-state index in [0.29, 0.717) is 11.5 Å². The number of hydrogen-bond acceptors (Lipinski definition) is 3. The van der Waals surface area contributed by atoms with E-state index in [9.17, 15) is 10.2 Å². The van der Waals surface area contributed by atoms with Crippen molar-refractivity contribution in [2.24, 2.45) is 0 Å². The largest absolute Gasteiger partial charge is 0.508 e. The first kappa shape index (κ1) is 17.6. The van der Waals surface area contributed by atoms with Crippen molar-refractivity contribution < 1.29 is 10.2 Å². The molecule has 0 unspecified atom stereocenters. The molecule has 0 atom stereocenters. The Bertz CT molecular complexity index is 711. The molecule has 2 aromatic rings. The number of allylic oxidation sites excluding steroid dienone is 1. The molecule has 1 heterocycles. The van der Waals surface area contributed by atoms with Gasteiger partial charge in [-0.15, -0.1) is 0 Å². The Morgan fingerprint density at radius 1 is 0.800 bits per heavy atom. The minimum atomic E-state index is 0.294. The quantitative estimate of drug-likeness (QED) is 0.737. The number of phenols is 2. The van der Waals surface area contributed by atoms with E-state index in [-0.39, 0.29) is 0 Å². The lowest BCUT2D eigenvalue weighted by Gasteiger charge is -2.20. The molecule has 25 heavy (non-hydrogen) atoms. The summed E-state index contributed by atoms with van der Waals surface area (Å²) < 4.78 is 0. The summed E-state index contributed by atoms with van der Waals surface area (Å²) in [7, 11) is 0. The molecule has 0 spiro atoms. The van der Waals surface area contributed by atoms with E-state index in [2.05, 4.69) is 11.8 Å². The molecule has 1 saturated heterocycles. The molecule has 0 aliphatic carbocycles. The van der Waals surface area contributed by atoms with Gasteiger partial charge < -0.3 is 15.1 Å². The van der Waals surface area contributed by atoms with E-state index < -0.39 is 0 Å². The van der Waals surface area contributed by atoms with Crippen LogP contribution in [0.5, 0.6) is 11.5 Å². The maximum absolute atomic E-state index is 9.63. The molecular weight excluding hydrogens is 310 g/mol. The van der Waals surface area contributed by atoms with Gasteiger partial charge in [0.25, 0.3) is 0 Å². The van der Waals surface area contributed by atoms with Crippen molar-refractivity contribution in [2.75, 3.05) is 19.6 Å². The third-order valence-corrected chi connectivity index (χ3v) is 5.03. The zero-order valence-corrected chi connectivity index (χ0v) is 14.9. The van der Waals surface area contributed by atoms with Crippen LogP contribution in [0.25, 0.3) is 11.1 Å². The summed E-state index contributed by atoms with van der Waals surface area (Å²) >= 11 is 0. The van der Waals surface area contributed by atoms with Crippen LogP contribution >= 0.6 is 0 Å². The van der Waals surface area contributed by atoms with Crippen molar-refractivity contribution >= 4 is 11.1 Å². The summed E-state index contributed by atoms with van der Waals surface area (Å²) in [6.45, 7) is 5.64. The molecule has 0 radical (unpaired) electrons. The molecule has 3 nitrogen and oxygen atoms in total. The molecular formula is C22H27NO2. The average molecular weight is 337 g/mol. The predicted octanol–water partition coefficient (Wildman–Crippen LogP) is 4.90. The van der Waals surface area contributed by atoms with Crippen LogP contribution < -0.4 is 0 Å². The second kappa shape index (κ2) is 8.21. The van der Waals surface area contributed by atoms with Gasteiger partial charge in [-0.2, -0.15) is 0 Å². The Morgan fingerprint density at radius 3 is 1.76 bits per heavy atom. The number of nitrogens with zero attached hydrogens (tertiary/aromatic N) is 1. The highest BCUT2D eigenvalue weighted by Gasteiger charge is 2.15. The molecule has 2 aromatic carbocycles. The molecule has 0 bridgehead atoms. The fraction of sp³-hybridized carbons (Fsp3) is 0.364. The van der Waals surface area contributed by atoms with Gasteiger partial charge >= 0.3 is 0 Å². The molecule has 3 heteroatoms. The number of rotatable bonds is 6. The van der Waals surface area contributed by atoms with Gasteiger partial charge in [-0.1, -0.05) is 31.2 Å². The first-order valence-corrected chi connectivity index (χ1v) is 9.20. The van der Waals surface area contributed by atoms with Gasteiger partial charge in [0.1, 0.15) is 11.5 Å². The zero-order valence-electron chi connectivity index (χ0n) is 14.9. The monoisotopic (exact) mass is 337 g/mol. The van der Waals surface area contributed by atoms with Crippen LogP contribution in [0.2, 0.25) is 0 Å². The highest BCUT2D eigenvalue weighted by Crippen LogP contribution is 2.33. The maximum atomic E-state index is 9.63. The number of likely N-dealkylation sites (tertiary alicyclic amines) is 1. The van der Waals surface area contributed by atoms with Gasteiger partial charge in [0.15, 0.2) is 0 Å². The van der Waals surface area contributed by atoms with Crippen molar-refractivity contribution in [1.82, 2.24) is 4.90 Å². The molecule has 2 N–H and O–H groups in total. The third kappa shape index (κ3) is 4.43. The van der Waals surface area contributed by atoms with E-state index in [4.69, 9.17) is 0 Å². The summed E-state index contributed by atoms with van der Waals surface area (Å²) in [4.78, 5) is 2.53. The fourth-order valence-electron chi connectivity index (χ4n) is 3.66. The highest BCUT2D eigenvalue weighted by atomic mass is 16.3. The van der Waals surface area contributed by atoms with E-state index in [0.717, 1.165) is 24.9 Å². The van der Waals surface area contributed by atoms with Gasteiger partial charge in [0.2, 0.25) is 0 Å². The second-order valence-electron chi connectivity index (χ2n) is 6.70. The molecule has 0 saturated carbocycles. The summed E-state index contributed by atoms with van der Waals surface area (Å²) in [5, 5.41) is 19.2. The van der Waals surface area contributed by atoms with Crippen molar-refractivity contribution in [3.05, 3.63) is 59.7 Å². The average Bonchev–Trinajstić information content (AvgIpc) is 3.14. The Labute approximate surface area is 150 Å². The Morgan fingerprint density at radius 2 is 1.28 bits per heavy atom. The first-order valence-electron chi connectivity index (χ1n) is 9.20. The topological polar surface area (TPSA) is 43.7 Å². The third-order valence-electron chi connectivity index (χ3n) is 5.03. The van der Waals surface area contributed by atoms with E-state index in [1.807, 2.05) is 24.3 Å². The van der Waals surface area contributed by atoms with E-state index in [1.165, 1.54) is 42.6 Å². The van der Waals surface area contributed by atoms with Crippen LogP contribution in [0.15, 0.2) is 48.5 Å². The number of benzene rings is 2. The van der Waals surface area contributed by atoms with Gasteiger partial charge in [-0.3, -0.25) is 0 Å². The Balaban J connectivity index is 1.96. The SMILES string of the molecule is CC/C(=C(/CCN1CCCC1)c1ccc(O)cc1)c1ccc(O)cc1. The van der Waals surface area contributed by atoms with Crippen LogP contribution in [0.3, 0.4) is 0 Å². The zero-order chi connectivity index (χ0) is 17.6. The van der Waals surface area contributed by atoms with E-state index >= 15 is 0 Å². The van der Waals surface area contributed by atoms with Crippen molar-refractivity contribution in [3.8, 4) is 11.5 Å². The van der Waals surface area contributed by atoms with Gasteiger partial charge in [-0.05, 0) is 85.3 Å². The number of phenolic OH excluding ortho intramolecular Hbond substituents is 2. The van der Waals surface area contributed by atoms with Gasteiger partial charge in [0, 0.05) is 6.54 Å². The van der Waals surface area contributed by atoms with Gasteiger partial charge in [-0.25, -0.2) is 0 Å². The van der Waals surface area contributed by atoms with Crippen LogP contribution in [0.1, 0.15) is 43.7 Å². The normalized spacial score (nSPS) is 16.0. The smallest absolute Gasteiger partial charge is 0.115 e. The standard InChI is InChI=1S/C22H27NO2/c1-2-21(17-5-9-19(24)10-6-17)22(13-16-23-14-3-4-15-23)18-7-11-20(25)12-8-18/h5-12,24-25H,2-4,13-16H2,1H3/b22-21+. The van der Waals surface area contributed by atoms with Crippen LogP contribution in [-0.2, 0) is 0 Å². The molecule has 1 aliphatic heterocycles. The summed E-state index contributed by atoms with van der Waals surface area (Å²) in [6, 6.07) is 15.0. The van der Waals surface area contributed by atoms with Crippen molar-refractivity contribution in [1.29, 1.82) is 0 Å². The number of aromatic hydroxyl groups is 2. The first-order chi connectivity index (χ1) is 12.2. The molecule has 132 valence electrons. The second-order valence-corrected chi connectivity index (χ2v) is 6.70. The molecule has 1 aliphatic rings. The maximum Gasteiger partial charge on any atom is 0.115 e. The minimum absolute atomic E-state index is 0.294. The summed E-state index contributed by atoms with van der Waals surface area (Å²) in [6.07, 6.45) is 4.53. The highest BCUT2D eigenvalue weighted by molar-refractivity contribution is 5.91. The molecule has 1 fully saturated rings. The molecule has 3 rings (SSSR count). The van der Waals surface area contributed by atoms with Crippen LogP contribution in [-0.4, -0.2) is 34.7 Å². The van der Waals surface area contributed by atoms with Crippen molar-refractivity contribution in [2.45, 2.75) is 32.6 Å². The molecule has 0 aromatic heterocycles. The Kier molecular flexibility index (Phi) is 5.77. The summed E-state index contributed by atoms with van der Waals surface area (Å²) in [5.41, 5.74) is 4.97. The van der Waals surface area contributed by atoms with Crippen molar-refractivity contribution in [3.63, 3.8) is 0 Å². The van der Waals surface area contributed by atoms with E-state index in [1.54, 1.807) is 24.3 Å². The lowest BCUT2D eigenvalue weighted by molar-refractivity contribution is 0.348. The lowest BCUT2D eigenvalue weighted by atomic mass is 9.90. The Hall–Kier alpha value is -2.26. The minimum Gasteiger partial charge on any atom is -0.508 e. The molecule has 0 amide bonds. The number of hydrogen-bond donors (Lipinski definition) is 2. The lowest BCUT2D eigenvalue weighted by Crippen LogP contribution is -2.20. The predicted molar refractivity (Wildman–Crippen MR) is 104 cm³/mol.